The Kier molecular flexibility index (Phi) is 4.77. The van der Waals surface area contributed by atoms with Crippen LogP contribution in [-0.2, 0) is 16.1 Å². The van der Waals surface area contributed by atoms with Crippen LogP contribution in [-0.4, -0.2) is 17.7 Å². The minimum absolute atomic E-state index is 0.0534. The topological polar surface area (TPSA) is 112 Å². The van der Waals surface area contributed by atoms with Gasteiger partial charge in [-0.05, 0) is 13.0 Å². The summed E-state index contributed by atoms with van der Waals surface area (Å²) in [4.78, 5) is 24.7. The van der Waals surface area contributed by atoms with Gasteiger partial charge in [0.1, 0.15) is 23.8 Å². The van der Waals surface area contributed by atoms with Crippen molar-refractivity contribution in [2.75, 3.05) is 6.61 Å². The number of nitrogens with two attached hydrogens (primary N) is 1. The van der Waals surface area contributed by atoms with Gasteiger partial charge in [0.05, 0.1) is 12.5 Å². The van der Waals surface area contributed by atoms with Crippen molar-refractivity contribution in [1.29, 1.82) is 0 Å². The Labute approximate surface area is 147 Å². The van der Waals surface area contributed by atoms with Crippen molar-refractivity contribution in [3.05, 3.63) is 74.9 Å². The Bertz CT molecular complexity index is 949. The highest BCUT2D eigenvalue weighted by Crippen LogP contribution is 2.42. The first-order valence-corrected chi connectivity index (χ1v) is 7.84. The molecule has 2 aromatic rings. The van der Waals surface area contributed by atoms with Gasteiger partial charge in [-0.2, -0.15) is 0 Å². The van der Waals surface area contributed by atoms with E-state index in [0.29, 0.717) is 0 Å². The SMILES string of the molecule is CCOC(=O)C1=C(N)Oc2c(oc(CO)cc2=O)[C@@H]1c1ccccc1F. The van der Waals surface area contributed by atoms with Gasteiger partial charge >= 0.3 is 5.97 Å². The van der Waals surface area contributed by atoms with E-state index in [4.69, 9.17) is 19.6 Å². The first kappa shape index (κ1) is 17.7. The van der Waals surface area contributed by atoms with Crippen molar-refractivity contribution in [3.63, 3.8) is 0 Å². The van der Waals surface area contributed by atoms with Gasteiger partial charge in [0.25, 0.3) is 0 Å². The second-order valence-electron chi connectivity index (χ2n) is 5.48. The molecule has 3 rings (SSSR count). The van der Waals surface area contributed by atoms with Gasteiger partial charge < -0.3 is 24.7 Å². The first-order valence-electron chi connectivity index (χ1n) is 7.84. The van der Waals surface area contributed by atoms with Gasteiger partial charge in [-0.3, -0.25) is 4.79 Å². The number of esters is 1. The summed E-state index contributed by atoms with van der Waals surface area (Å²) in [5.41, 5.74) is 5.12. The number of carbonyl (C=O) groups excluding carboxylic acids is 1. The monoisotopic (exact) mass is 361 g/mol. The lowest BCUT2D eigenvalue weighted by Crippen LogP contribution is -2.30. The van der Waals surface area contributed by atoms with Crippen molar-refractivity contribution >= 4 is 5.97 Å². The predicted octanol–water partition coefficient (Wildman–Crippen LogP) is 1.53. The molecule has 0 unspecified atom stereocenters. The van der Waals surface area contributed by atoms with E-state index in [1.165, 1.54) is 18.2 Å². The number of rotatable bonds is 4. The fraction of sp³-hybridized carbons (Fsp3) is 0.222. The van der Waals surface area contributed by atoms with Crippen LogP contribution in [0.1, 0.15) is 29.9 Å². The fourth-order valence-electron chi connectivity index (χ4n) is 2.79. The zero-order chi connectivity index (χ0) is 18.8. The Morgan fingerprint density at radius 2 is 2.12 bits per heavy atom. The minimum Gasteiger partial charge on any atom is -0.462 e. The zero-order valence-corrected chi connectivity index (χ0v) is 13.8. The number of hydrogen-bond acceptors (Lipinski definition) is 7. The van der Waals surface area contributed by atoms with E-state index < -0.39 is 29.7 Å². The molecule has 1 atom stereocenters. The summed E-state index contributed by atoms with van der Waals surface area (Å²) < 4.78 is 30.3. The number of benzene rings is 1. The Balaban J connectivity index is 2.30. The van der Waals surface area contributed by atoms with E-state index in [9.17, 15) is 19.1 Å². The van der Waals surface area contributed by atoms with Crippen LogP contribution in [0.4, 0.5) is 4.39 Å². The predicted molar refractivity (Wildman–Crippen MR) is 87.6 cm³/mol. The van der Waals surface area contributed by atoms with E-state index >= 15 is 0 Å². The molecule has 0 aliphatic carbocycles. The van der Waals surface area contributed by atoms with E-state index in [1.807, 2.05) is 0 Å². The first-order chi connectivity index (χ1) is 12.5. The second kappa shape index (κ2) is 7.01. The van der Waals surface area contributed by atoms with Crippen molar-refractivity contribution in [2.24, 2.45) is 5.73 Å². The molecule has 2 heterocycles. The minimum atomic E-state index is -1.15. The van der Waals surface area contributed by atoms with Crippen molar-refractivity contribution in [2.45, 2.75) is 19.4 Å². The van der Waals surface area contributed by atoms with Crippen LogP contribution in [0.15, 0.2) is 51.0 Å². The maximum Gasteiger partial charge on any atom is 0.340 e. The third-order valence-corrected chi connectivity index (χ3v) is 3.88. The smallest absolute Gasteiger partial charge is 0.340 e. The summed E-state index contributed by atoms with van der Waals surface area (Å²) >= 11 is 0. The van der Waals surface area contributed by atoms with Crippen LogP contribution in [0.25, 0.3) is 0 Å². The van der Waals surface area contributed by atoms with Gasteiger partial charge in [-0.1, -0.05) is 18.2 Å². The lowest BCUT2D eigenvalue weighted by molar-refractivity contribution is -0.139. The van der Waals surface area contributed by atoms with Crippen LogP contribution in [0.5, 0.6) is 5.75 Å². The highest BCUT2D eigenvalue weighted by molar-refractivity contribution is 5.92. The summed E-state index contributed by atoms with van der Waals surface area (Å²) in [6.07, 6.45) is 0. The molecule has 0 bridgehead atoms. The molecular weight excluding hydrogens is 345 g/mol. The Morgan fingerprint density at radius 1 is 1.38 bits per heavy atom. The van der Waals surface area contributed by atoms with Gasteiger partial charge in [0.2, 0.25) is 17.1 Å². The van der Waals surface area contributed by atoms with Gasteiger partial charge in [0.15, 0.2) is 5.76 Å². The lowest BCUT2D eigenvalue weighted by Gasteiger charge is -2.27. The number of hydrogen-bond donors (Lipinski definition) is 2. The average molecular weight is 361 g/mol. The number of aliphatic hydroxyl groups excluding tert-OH is 1. The average Bonchev–Trinajstić information content (AvgIpc) is 2.62. The van der Waals surface area contributed by atoms with E-state index in [2.05, 4.69) is 0 Å². The van der Waals surface area contributed by atoms with Crippen molar-refractivity contribution in [3.8, 4) is 5.75 Å². The second-order valence-corrected chi connectivity index (χ2v) is 5.48. The Hall–Kier alpha value is -3.13. The molecule has 0 amide bonds. The maximum absolute atomic E-state index is 14.5. The largest absolute Gasteiger partial charge is 0.462 e. The van der Waals surface area contributed by atoms with E-state index in [1.54, 1.807) is 13.0 Å². The molecule has 0 saturated heterocycles. The summed E-state index contributed by atoms with van der Waals surface area (Å²) in [6.45, 7) is 1.11. The molecule has 0 fully saturated rings. The third kappa shape index (κ3) is 2.95. The van der Waals surface area contributed by atoms with Crippen LogP contribution >= 0.6 is 0 Å². The molecule has 0 saturated carbocycles. The third-order valence-electron chi connectivity index (χ3n) is 3.88. The number of carbonyl (C=O) groups is 1. The molecule has 8 heteroatoms. The fourth-order valence-corrected chi connectivity index (χ4v) is 2.79. The summed E-state index contributed by atoms with van der Waals surface area (Å²) in [5, 5.41) is 9.31. The van der Waals surface area contributed by atoms with Gasteiger partial charge in [0, 0.05) is 11.6 Å². The van der Waals surface area contributed by atoms with Crippen molar-refractivity contribution in [1.82, 2.24) is 0 Å². The molecule has 1 aliphatic heterocycles. The van der Waals surface area contributed by atoms with Gasteiger partial charge in [-0.25, -0.2) is 9.18 Å². The van der Waals surface area contributed by atoms with Crippen LogP contribution in [0.2, 0.25) is 0 Å². The number of aliphatic hydroxyl groups is 1. The molecule has 3 N–H and O–H groups in total. The zero-order valence-electron chi connectivity index (χ0n) is 13.8. The highest BCUT2D eigenvalue weighted by atomic mass is 19.1. The summed E-state index contributed by atoms with van der Waals surface area (Å²) in [5.74, 6) is -3.41. The molecule has 0 radical (unpaired) electrons. The molecule has 0 spiro atoms. The normalized spacial score (nSPS) is 16.0. The molecular formula is C18H16FNO6. The van der Waals surface area contributed by atoms with E-state index in [-0.39, 0.29) is 40.9 Å². The van der Waals surface area contributed by atoms with Crippen LogP contribution in [0, 0.1) is 5.82 Å². The van der Waals surface area contributed by atoms with Gasteiger partial charge in [-0.15, -0.1) is 0 Å². The van der Waals surface area contributed by atoms with Crippen LogP contribution < -0.4 is 15.9 Å². The van der Waals surface area contributed by atoms with Crippen molar-refractivity contribution < 1.29 is 28.2 Å². The lowest BCUT2D eigenvalue weighted by atomic mass is 9.86. The molecule has 1 aromatic carbocycles. The quantitative estimate of drug-likeness (QED) is 0.794. The molecule has 136 valence electrons. The van der Waals surface area contributed by atoms with E-state index in [0.717, 1.165) is 6.07 Å². The molecule has 1 aliphatic rings. The van der Waals surface area contributed by atoms with Crippen LogP contribution in [0.3, 0.4) is 0 Å². The number of halogens is 1. The standard InChI is InChI=1S/C18H16FNO6/c1-2-24-18(23)14-13(10-5-3-4-6-11(10)19)16-15(26-17(14)20)12(22)7-9(8-21)25-16/h3-7,13,21H,2,8,20H2,1H3/t13-/m1/s1. The molecule has 7 nitrogen and oxygen atoms in total. The Morgan fingerprint density at radius 3 is 2.77 bits per heavy atom. The highest BCUT2D eigenvalue weighted by Gasteiger charge is 2.40. The summed E-state index contributed by atoms with van der Waals surface area (Å²) in [7, 11) is 0. The summed E-state index contributed by atoms with van der Waals surface area (Å²) in [6, 6.07) is 6.74. The molecule has 1 aromatic heterocycles. The molecule has 26 heavy (non-hydrogen) atoms. The number of ether oxygens (including phenoxy) is 2. The number of fused-ring (bicyclic) bond motifs is 1. The maximum atomic E-state index is 14.5.